The Balaban J connectivity index is 0.000000268. The van der Waals surface area contributed by atoms with E-state index in [9.17, 15) is 0 Å². The van der Waals surface area contributed by atoms with Crippen LogP contribution in [0.15, 0.2) is 134 Å². The molecule has 476 valence electrons. The molecule has 0 saturated heterocycles. The highest BCUT2D eigenvalue weighted by Crippen LogP contribution is 2.37. The summed E-state index contributed by atoms with van der Waals surface area (Å²) in [5.41, 5.74) is 3.13. The summed E-state index contributed by atoms with van der Waals surface area (Å²) in [6, 6.07) is 22.9. The Morgan fingerprint density at radius 3 is 0.940 bits per heavy atom. The van der Waals surface area contributed by atoms with Crippen molar-refractivity contribution in [1.82, 2.24) is 0 Å². The molecule has 18 heteroatoms. The van der Waals surface area contributed by atoms with Crippen molar-refractivity contribution < 1.29 is 53.1 Å². The van der Waals surface area contributed by atoms with Crippen LogP contribution in [0.1, 0.15) is 135 Å². The molecule has 6 aliphatic heterocycles. The lowest BCUT2D eigenvalue weighted by molar-refractivity contribution is 0.160. The van der Waals surface area contributed by atoms with E-state index in [2.05, 4.69) is 207 Å². The van der Waals surface area contributed by atoms with E-state index < -0.39 is 51.4 Å². The van der Waals surface area contributed by atoms with Crippen molar-refractivity contribution in [3.05, 3.63) is 134 Å². The standard InChI is InChI=1S/C17H18O2Si.C12H24O2Si.C11H22O2Si.C10H20O2Si.C9H18O2Si.C7H14O2Si/c1-4-10-16(11-5-1)20(17-12-6-2-7-13-17)18-14-8-3-9-15-19-20;1-11(2)15(12(3)4)13-9-7-5-6-8-10-14-15;1-10(2)14(11(3)4)12-8-6-5-7-9-13-14;1-9(2)13(10(3)4)11-7-5-6-8-12-13;1-3-12(4-2)10-8-6-5-7-9-11-12;1-10(2)8-6-4-3-5-7-9-10/h1-8,10-13H,9,14-15H2;5-6,11-12H,7-10H2,1-4H3;5-6,10-11H,7-9H2,1-4H3;5-6,9-10H,7-8H2,1-4H3;5-6H,3-4,7-9H2,1-2H3;3-4H,5-7H2,1-2H3/b;2*6-5-;;6-5-;4-3-. The molecule has 0 saturated carbocycles. The van der Waals surface area contributed by atoms with E-state index in [0.29, 0.717) is 46.5 Å². The van der Waals surface area contributed by atoms with E-state index >= 15 is 0 Å². The van der Waals surface area contributed by atoms with Gasteiger partial charge in [0.15, 0.2) is 0 Å². The van der Waals surface area contributed by atoms with Crippen LogP contribution in [0.3, 0.4) is 0 Å². The van der Waals surface area contributed by atoms with Gasteiger partial charge in [-0.25, -0.2) is 0 Å². The Hall–Kier alpha value is -2.30. The van der Waals surface area contributed by atoms with Gasteiger partial charge in [-0.1, -0.05) is 231 Å². The third-order valence-electron chi connectivity index (χ3n) is 15.6. The molecular weight excluding hydrogens is 1150 g/mol. The highest BCUT2D eigenvalue weighted by Gasteiger charge is 2.47. The first-order valence-electron chi connectivity index (χ1n) is 31.9. The third kappa shape index (κ3) is 25.3. The Labute approximate surface area is 518 Å². The Morgan fingerprint density at radius 1 is 0.298 bits per heavy atom. The minimum absolute atomic E-state index is 0.521. The Kier molecular flexibility index (Phi) is 37.1. The molecule has 84 heavy (non-hydrogen) atoms. The molecule has 2 aromatic carbocycles. The maximum Gasteiger partial charge on any atom is 0.407 e. The fourth-order valence-corrected chi connectivity index (χ4v) is 28.0. The lowest BCUT2D eigenvalue weighted by Crippen LogP contribution is -2.63. The predicted molar refractivity (Wildman–Crippen MR) is 364 cm³/mol. The van der Waals surface area contributed by atoms with E-state index in [1.807, 2.05) is 36.4 Å². The van der Waals surface area contributed by atoms with Crippen molar-refractivity contribution in [2.75, 3.05) is 79.3 Å². The first-order valence-corrected chi connectivity index (χ1v) is 44.7. The third-order valence-corrected chi connectivity index (χ3v) is 37.8. The summed E-state index contributed by atoms with van der Waals surface area (Å²) in [4.78, 5) is 0. The van der Waals surface area contributed by atoms with Crippen LogP contribution >= 0.6 is 0 Å². The molecule has 0 fully saturated rings. The van der Waals surface area contributed by atoms with Gasteiger partial charge in [0.25, 0.3) is 0 Å². The first kappa shape index (κ1) is 75.9. The zero-order valence-electron chi connectivity index (χ0n) is 55.2. The van der Waals surface area contributed by atoms with Crippen molar-refractivity contribution in [3.63, 3.8) is 0 Å². The van der Waals surface area contributed by atoms with Crippen molar-refractivity contribution in [1.29, 1.82) is 0 Å². The maximum atomic E-state index is 6.31. The SMILES string of the molecule is C1=CCO[Si](c2ccccc2)(c2ccccc2)OCC1.CC(C)[Si]1(C(C)C)OC/C=C\CCO1.CC(C)[Si]1(C(C)C)OCC/C=C\CCO1.CC(C)[Si]1(C(C)C)OCC=CCO1.CC[Si]1(CC)OC/C=C\CCO1.C[Si]1(C)OC/C=C\CCO1. The van der Waals surface area contributed by atoms with Gasteiger partial charge >= 0.3 is 51.4 Å². The monoisotopic (exact) mass is 1270 g/mol. The van der Waals surface area contributed by atoms with Gasteiger partial charge < -0.3 is 53.1 Å². The zero-order chi connectivity index (χ0) is 61.8. The van der Waals surface area contributed by atoms with Crippen molar-refractivity contribution >= 4 is 61.7 Å². The van der Waals surface area contributed by atoms with Gasteiger partial charge in [0.1, 0.15) is 0 Å². The molecule has 2 aromatic rings. The quantitative estimate of drug-likeness (QED) is 0.167. The van der Waals surface area contributed by atoms with Crippen LogP contribution in [0.2, 0.25) is 58.4 Å². The van der Waals surface area contributed by atoms with Gasteiger partial charge in [0.2, 0.25) is 0 Å². The highest BCUT2D eigenvalue weighted by atomic mass is 28.4. The minimum atomic E-state index is -2.57. The molecule has 0 radical (unpaired) electrons. The summed E-state index contributed by atoms with van der Waals surface area (Å²) in [5.74, 6) is 0. The minimum Gasteiger partial charge on any atom is -0.394 e. The Bertz CT molecular complexity index is 2110. The van der Waals surface area contributed by atoms with Gasteiger partial charge in [-0.2, -0.15) is 0 Å². The average molecular weight is 1270 g/mol. The van der Waals surface area contributed by atoms with Crippen LogP contribution in [0, 0.1) is 0 Å². The molecule has 12 nitrogen and oxygen atoms in total. The van der Waals surface area contributed by atoms with Gasteiger partial charge in [-0.05, 0) is 107 Å². The van der Waals surface area contributed by atoms with E-state index in [0.717, 1.165) is 117 Å². The van der Waals surface area contributed by atoms with Crippen LogP contribution in [-0.2, 0) is 53.1 Å². The lowest BCUT2D eigenvalue weighted by atomic mass is 10.3. The smallest absolute Gasteiger partial charge is 0.394 e. The zero-order valence-corrected chi connectivity index (χ0v) is 61.2. The molecular formula is C66H116O12Si6. The average Bonchev–Trinajstić information content (AvgIpc) is 3.83. The van der Waals surface area contributed by atoms with Gasteiger partial charge in [0, 0.05) is 39.6 Å². The van der Waals surface area contributed by atoms with Crippen LogP contribution in [0.5, 0.6) is 0 Å². The fraction of sp³-hybridized carbons (Fsp3) is 0.636. The summed E-state index contributed by atoms with van der Waals surface area (Å²) in [6.45, 7) is 44.2. The van der Waals surface area contributed by atoms with E-state index in [1.54, 1.807) is 0 Å². The van der Waals surface area contributed by atoms with Crippen LogP contribution in [0.4, 0.5) is 0 Å². The molecule has 0 aromatic heterocycles. The van der Waals surface area contributed by atoms with Gasteiger partial charge in [-0.15, -0.1) is 0 Å². The normalized spacial score (nSPS) is 23.4. The predicted octanol–water partition coefficient (Wildman–Crippen LogP) is 16.1. The molecule has 0 unspecified atom stereocenters. The molecule has 0 atom stereocenters. The lowest BCUT2D eigenvalue weighted by Gasteiger charge is -2.37. The van der Waals surface area contributed by atoms with Crippen molar-refractivity contribution in [2.24, 2.45) is 0 Å². The first-order chi connectivity index (χ1) is 40.2. The second-order valence-corrected chi connectivity index (χ2v) is 47.1. The summed E-state index contributed by atoms with van der Waals surface area (Å²) < 4.78 is 71.5. The van der Waals surface area contributed by atoms with Crippen LogP contribution in [0.25, 0.3) is 0 Å². The molecule has 6 heterocycles. The van der Waals surface area contributed by atoms with Crippen molar-refractivity contribution in [2.45, 2.75) is 194 Å². The largest absolute Gasteiger partial charge is 0.407 e. The van der Waals surface area contributed by atoms with Gasteiger partial charge in [0.05, 0.1) is 39.6 Å². The maximum absolute atomic E-state index is 6.31. The number of hydrogen-bond acceptors (Lipinski definition) is 12. The molecule has 0 N–H and O–H groups in total. The molecule has 6 aliphatic rings. The molecule has 0 aliphatic carbocycles. The van der Waals surface area contributed by atoms with E-state index in [-0.39, 0.29) is 0 Å². The van der Waals surface area contributed by atoms with Crippen LogP contribution in [-0.4, -0.2) is 131 Å². The van der Waals surface area contributed by atoms with Gasteiger partial charge in [-0.3, -0.25) is 0 Å². The molecule has 8 rings (SSSR count). The fourth-order valence-electron chi connectivity index (χ4n) is 10.8. The van der Waals surface area contributed by atoms with Crippen molar-refractivity contribution in [3.8, 4) is 0 Å². The molecule has 0 spiro atoms. The van der Waals surface area contributed by atoms with E-state index in [4.69, 9.17) is 53.1 Å². The second kappa shape index (κ2) is 41.1. The van der Waals surface area contributed by atoms with E-state index in [1.165, 1.54) is 10.4 Å². The highest BCUT2D eigenvalue weighted by molar-refractivity contribution is 6.92. The number of hydrogen-bond donors (Lipinski definition) is 0. The number of benzene rings is 2. The topological polar surface area (TPSA) is 111 Å². The van der Waals surface area contributed by atoms with Crippen LogP contribution < -0.4 is 10.4 Å². The molecule has 0 amide bonds. The molecule has 0 bridgehead atoms. The summed E-state index contributed by atoms with van der Waals surface area (Å²) >= 11 is 0. The second-order valence-electron chi connectivity index (χ2n) is 24.0. The summed E-state index contributed by atoms with van der Waals surface area (Å²) in [6.07, 6.45) is 31.5. The number of rotatable bonds is 10. The summed E-state index contributed by atoms with van der Waals surface area (Å²) in [7, 11) is -12.0. The summed E-state index contributed by atoms with van der Waals surface area (Å²) in [5, 5.41) is 2.34. The Morgan fingerprint density at radius 2 is 0.571 bits per heavy atom.